The first-order chi connectivity index (χ1) is 15.7. The molecule has 0 heterocycles. The molecule has 3 aliphatic rings. The van der Waals surface area contributed by atoms with Gasteiger partial charge < -0.3 is 9.50 Å². The molecule has 4 unspecified atom stereocenters. The van der Waals surface area contributed by atoms with Gasteiger partial charge in [0.1, 0.15) is 5.75 Å². The van der Waals surface area contributed by atoms with Gasteiger partial charge in [-0.05, 0) is 78.7 Å². The SMILES string of the molecule is CC12CCC3c4ccc(OS(N)(=O)=O)cc4CCC3C1CC=C2C(=O)NCc1ccccc1. The lowest BCUT2D eigenvalue weighted by Crippen LogP contribution is -2.43. The van der Waals surface area contributed by atoms with Gasteiger partial charge in [-0.2, -0.15) is 13.6 Å². The Morgan fingerprint density at radius 3 is 2.73 bits per heavy atom. The van der Waals surface area contributed by atoms with Crippen LogP contribution in [-0.4, -0.2) is 14.3 Å². The third-order valence-electron chi connectivity index (χ3n) is 8.03. The first kappa shape index (κ1) is 22.2. The van der Waals surface area contributed by atoms with Crippen molar-refractivity contribution >= 4 is 16.2 Å². The van der Waals surface area contributed by atoms with Crippen molar-refractivity contribution in [3.8, 4) is 5.75 Å². The van der Waals surface area contributed by atoms with E-state index in [-0.39, 0.29) is 17.1 Å². The van der Waals surface area contributed by atoms with Crippen LogP contribution in [0.1, 0.15) is 55.2 Å². The Labute approximate surface area is 195 Å². The van der Waals surface area contributed by atoms with Crippen LogP contribution in [0.25, 0.3) is 0 Å². The smallest absolute Gasteiger partial charge is 0.371 e. The molecule has 2 aromatic carbocycles. The van der Waals surface area contributed by atoms with E-state index < -0.39 is 10.3 Å². The average Bonchev–Trinajstić information content (AvgIpc) is 3.14. The maximum atomic E-state index is 13.1. The highest BCUT2D eigenvalue weighted by molar-refractivity contribution is 7.84. The average molecular weight is 467 g/mol. The molecule has 4 atom stereocenters. The van der Waals surface area contributed by atoms with Crippen LogP contribution in [0.4, 0.5) is 0 Å². The van der Waals surface area contributed by atoms with Gasteiger partial charge in [-0.15, -0.1) is 0 Å². The first-order valence-corrected chi connectivity index (χ1v) is 13.1. The van der Waals surface area contributed by atoms with Gasteiger partial charge in [0.15, 0.2) is 0 Å². The molecule has 33 heavy (non-hydrogen) atoms. The van der Waals surface area contributed by atoms with Crippen LogP contribution >= 0.6 is 0 Å². The number of fused-ring (bicyclic) bond motifs is 5. The Hall–Kier alpha value is -2.64. The van der Waals surface area contributed by atoms with E-state index in [0.29, 0.717) is 24.3 Å². The molecule has 3 aliphatic carbocycles. The summed E-state index contributed by atoms with van der Waals surface area (Å²) in [5, 5.41) is 8.16. The maximum Gasteiger partial charge on any atom is 0.380 e. The molecule has 0 aliphatic heterocycles. The molecule has 0 bridgehead atoms. The molecule has 1 fully saturated rings. The number of benzene rings is 2. The largest absolute Gasteiger partial charge is 0.380 e. The van der Waals surface area contributed by atoms with Crippen LogP contribution in [0.5, 0.6) is 5.75 Å². The van der Waals surface area contributed by atoms with E-state index in [1.54, 1.807) is 6.07 Å². The molecule has 3 N–H and O–H groups in total. The molecule has 0 aromatic heterocycles. The van der Waals surface area contributed by atoms with Gasteiger partial charge in [0.05, 0.1) is 0 Å². The Morgan fingerprint density at radius 1 is 1.18 bits per heavy atom. The number of nitrogens with two attached hydrogens (primary N) is 1. The minimum Gasteiger partial charge on any atom is -0.371 e. The minimum atomic E-state index is -4.03. The van der Waals surface area contributed by atoms with Crippen molar-refractivity contribution < 1.29 is 17.4 Å². The van der Waals surface area contributed by atoms with Crippen LogP contribution in [0, 0.1) is 17.3 Å². The normalized spacial score (nSPS) is 28.2. The summed E-state index contributed by atoms with van der Waals surface area (Å²) >= 11 is 0. The topological polar surface area (TPSA) is 98.5 Å². The maximum absolute atomic E-state index is 13.1. The second-order valence-electron chi connectivity index (χ2n) is 9.83. The third kappa shape index (κ3) is 4.20. The van der Waals surface area contributed by atoms with Crippen molar-refractivity contribution in [1.82, 2.24) is 5.32 Å². The van der Waals surface area contributed by atoms with Gasteiger partial charge >= 0.3 is 10.3 Å². The van der Waals surface area contributed by atoms with Crippen LogP contribution in [-0.2, 0) is 28.1 Å². The molecule has 2 aromatic rings. The summed E-state index contributed by atoms with van der Waals surface area (Å²) in [6.07, 6.45) is 7.01. The predicted molar refractivity (Wildman–Crippen MR) is 127 cm³/mol. The fourth-order valence-electron chi connectivity index (χ4n) is 6.54. The van der Waals surface area contributed by atoms with E-state index in [1.165, 1.54) is 5.56 Å². The van der Waals surface area contributed by atoms with E-state index in [2.05, 4.69) is 18.3 Å². The standard InChI is InChI=1S/C26H30N2O4S/c1-26-14-13-21-20-10-8-19(32-33(27,30)31)15-18(20)7-9-22(21)23(26)11-12-24(26)25(29)28-16-17-5-3-2-4-6-17/h2-6,8,10,12,15,21-23H,7,9,11,13-14,16H2,1H3,(H,28,29)(H2,27,30,31). The molecule has 174 valence electrons. The molecule has 1 saturated carbocycles. The molecule has 7 heteroatoms. The molecular formula is C26H30N2O4S. The highest BCUT2D eigenvalue weighted by atomic mass is 32.2. The monoisotopic (exact) mass is 466 g/mol. The van der Waals surface area contributed by atoms with Crippen molar-refractivity contribution in [2.45, 2.75) is 51.5 Å². The van der Waals surface area contributed by atoms with E-state index in [1.807, 2.05) is 42.5 Å². The zero-order valence-electron chi connectivity index (χ0n) is 18.8. The Balaban J connectivity index is 1.31. The number of nitrogens with one attached hydrogen (secondary N) is 1. The van der Waals surface area contributed by atoms with Gasteiger partial charge in [0.25, 0.3) is 0 Å². The first-order valence-electron chi connectivity index (χ1n) is 11.6. The van der Waals surface area contributed by atoms with Crippen molar-refractivity contribution in [3.63, 3.8) is 0 Å². The van der Waals surface area contributed by atoms with Crippen molar-refractivity contribution in [3.05, 3.63) is 76.9 Å². The summed E-state index contributed by atoms with van der Waals surface area (Å²) in [5.74, 6) is 1.72. The van der Waals surface area contributed by atoms with Crippen molar-refractivity contribution in [2.24, 2.45) is 22.4 Å². The number of hydrogen-bond donors (Lipinski definition) is 2. The molecule has 1 amide bonds. The van der Waals surface area contributed by atoms with Gasteiger partial charge in [-0.1, -0.05) is 49.4 Å². The zero-order valence-corrected chi connectivity index (χ0v) is 19.6. The molecule has 5 rings (SSSR count). The van der Waals surface area contributed by atoms with Gasteiger partial charge in [0.2, 0.25) is 5.91 Å². The lowest BCUT2D eigenvalue weighted by atomic mass is 9.54. The molecule has 0 spiro atoms. The number of rotatable bonds is 5. The van der Waals surface area contributed by atoms with E-state index in [4.69, 9.17) is 9.32 Å². The van der Waals surface area contributed by atoms with Crippen LogP contribution in [0.15, 0.2) is 60.2 Å². The summed E-state index contributed by atoms with van der Waals surface area (Å²) < 4.78 is 27.5. The third-order valence-corrected chi connectivity index (χ3v) is 8.46. The van der Waals surface area contributed by atoms with Crippen LogP contribution < -0.4 is 14.6 Å². The number of hydrogen-bond acceptors (Lipinski definition) is 4. The van der Waals surface area contributed by atoms with Crippen molar-refractivity contribution in [2.75, 3.05) is 0 Å². The van der Waals surface area contributed by atoms with Gasteiger partial charge in [-0.25, -0.2) is 0 Å². The number of amides is 1. The van der Waals surface area contributed by atoms with Crippen molar-refractivity contribution in [1.29, 1.82) is 0 Å². The highest BCUT2D eigenvalue weighted by Gasteiger charge is 2.53. The zero-order chi connectivity index (χ0) is 23.2. The van der Waals surface area contributed by atoms with E-state index >= 15 is 0 Å². The van der Waals surface area contributed by atoms with E-state index in [0.717, 1.165) is 48.8 Å². The summed E-state index contributed by atoms with van der Waals surface area (Å²) in [5.41, 5.74) is 4.38. The Morgan fingerprint density at radius 2 is 1.97 bits per heavy atom. The highest BCUT2D eigenvalue weighted by Crippen LogP contribution is 2.61. The molecule has 0 radical (unpaired) electrons. The summed E-state index contributed by atoms with van der Waals surface area (Å²) in [4.78, 5) is 13.1. The van der Waals surface area contributed by atoms with E-state index in [9.17, 15) is 13.2 Å². The molecule has 0 saturated heterocycles. The van der Waals surface area contributed by atoms with Crippen LogP contribution in [0.3, 0.4) is 0 Å². The fourth-order valence-corrected chi connectivity index (χ4v) is 6.91. The van der Waals surface area contributed by atoms with Gasteiger partial charge in [-0.3, -0.25) is 4.79 Å². The lowest BCUT2D eigenvalue weighted by molar-refractivity contribution is -0.119. The Bertz CT molecular complexity index is 1210. The predicted octanol–water partition coefficient (Wildman–Crippen LogP) is 3.98. The quantitative estimate of drug-likeness (QED) is 0.696. The molecular weight excluding hydrogens is 436 g/mol. The fraction of sp³-hybridized carbons (Fsp3) is 0.423. The second kappa shape index (κ2) is 8.29. The number of carbonyl (C=O) groups excluding carboxylic acids is 1. The number of allylic oxidation sites excluding steroid dienone is 1. The summed E-state index contributed by atoms with van der Waals surface area (Å²) in [7, 11) is -4.03. The van der Waals surface area contributed by atoms with Gasteiger partial charge in [0, 0.05) is 17.5 Å². The second-order valence-corrected chi connectivity index (χ2v) is 11.0. The Kier molecular flexibility index (Phi) is 5.57. The lowest BCUT2D eigenvalue weighted by Gasteiger charge is -2.50. The molecule has 6 nitrogen and oxygen atoms in total. The summed E-state index contributed by atoms with van der Waals surface area (Å²) in [6.45, 7) is 2.81. The number of carbonyl (C=O) groups is 1. The summed E-state index contributed by atoms with van der Waals surface area (Å²) in [6, 6.07) is 15.5. The minimum absolute atomic E-state index is 0.0586. The number of aryl methyl sites for hydroxylation is 1. The van der Waals surface area contributed by atoms with Crippen LogP contribution in [0.2, 0.25) is 0 Å².